The maximum absolute atomic E-state index is 13.3. The van der Waals surface area contributed by atoms with Crippen molar-refractivity contribution in [1.82, 2.24) is 15.5 Å². The molecule has 0 aromatic heterocycles. The van der Waals surface area contributed by atoms with Gasteiger partial charge in [-0.05, 0) is 44.0 Å². The third-order valence-electron chi connectivity index (χ3n) is 4.65. The number of nitrogens with zero attached hydrogens (tertiary/aromatic N) is 2. The van der Waals surface area contributed by atoms with Crippen molar-refractivity contribution in [2.45, 2.75) is 32.8 Å². The second-order valence-corrected chi connectivity index (χ2v) is 6.49. The number of guanidine groups is 1. The van der Waals surface area contributed by atoms with Crippen molar-refractivity contribution < 1.29 is 9.13 Å². The molecule has 0 radical (unpaired) electrons. The fourth-order valence-corrected chi connectivity index (χ4v) is 3.04. The van der Waals surface area contributed by atoms with Crippen LogP contribution in [0, 0.1) is 11.7 Å². The highest BCUT2D eigenvalue weighted by Crippen LogP contribution is 2.15. The molecule has 1 heterocycles. The van der Waals surface area contributed by atoms with E-state index in [-0.39, 0.29) is 11.9 Å². The fraction of sp³-hybridized carbons (Fsp3) is 0.632. The summed E-state index contributed by atoms with van der Waals surface area (Å²) in [6.45, 7) is 9.28. The maximum atomic E-state index is 13.3. The zero-order chi connectivity index (χ0) is 18.1. The number of rotatable bonds is 8. The lowest BCUT2D eigenvalue weighted by molar-refractivity contribution is 0.198. The first-order valence-electron chi connectivity index (χ1n) is 9.23. The zero-order valence-corrected chi connectivity index (χ0v) is 15.6. The molecule has 2 unspecified atom stereocenters. The molecule has 1 aliphatic heterocycles. The molecule has 1 aromatic rings. The van der Waals surface area contributed by atoms with Gasteiger partial charge in [0.25, 0.3) is 0 Å². The number of hydrogen-bond donors (Lipinski definition) is 2. The molecule has 6 heteroatoms. The largest absolute Gasteiger partial charge is 0.489 e. The Morgan fingerprint density at radius 1 is 1.40 bits per heavy atom. The van der Waals surface area contributed by atoms with E-state index in [1.807, 2.05) is 0 Å². The molecule has 25 heavy (non-hydrogen) atoms. The Hall–Kier alpha value is -1.82. The van der Waals surface area contributed by atoms with Crippen LogP contribution in [0.5, 0.6) is 5.75 Å². The predicted molar refractivity (Wildman–Crippen MR) is 101 cm³/mol. The topological polar surface area (TPSA) is 48.9 Å². The van der Waals surface area contributed by atoms with Gasteiger partial charge in [-0.3, -0.25) is 4.99 Å². The van der Waals surface area contributed by atoms with E-state index >= 15 is 0 Å². The quantitative estimate of drug-likeness (QED) is 0.559. The number of aliphatic imine (C=N–C) groups is 1. The van der Waals surface area contributed by atoms with Gasteiger partial charge in [-0.15, -0.1) is 0 Å². The fourth-order valence-electron chi connectivity index (χ4n) is 3.04. The van der Waals surface area contributed by atoms with Gasteiger partial charge in [-0.25, -0.2) is 4.39 Å². The van der Waals surface area contributed by atoms with Gasteiger partial charge in [-0.1, -0.05) is 19.9 Å². The molecule has 1 aliphatic rings. The molecule has 1 fully saturated rings. The third kappa shape index (κ3) is 6.53. The van der Waals surface area contributed by atoms with Gasteiger partial charge in [0.15, 0.2) is 5.96 Å². The minimum Gasteiger partial charge on any atom is -0.489 e. The molecule has 2 rings (SSSR count). The Morgan fingerprint density at radius 2 is 2.24 bits per heavy atom. The van der Waals surface area contributed by atoms with Gasteiger partial charge in [-0.2, -0.15) is 0 Å². The highest BCUT2D eigenvalue weighted by molar-refractivity contribution is 5.79. The summed E-state index contributed by atoms with van der Waals surface area (Å²) in [7, 11) is 1.77. The average Bonchev–Trinajstić information content (AvgIpc) is 3.09. The monoisotopic (exact) mass is 350 g/mol. The second-order valence-electron chi connectivity index (χ2n) is 6.49. The van der Waals surface area contributed by atoms with Crippen molar-refractivity contribution in [2.24, 2.45) is 10.9 Å². The highest BCUT2D eigenvalue weighted by Gasteiger charge is 2.21. The number of benzene rings is 1. The average molecular weight is 350 g/mol. The Balaban J connectivity index is 1.74. The zero-order valence-electron chi connectivity index (χ0n) is 15.6. The summed E-state index contributed by atoms with van der Waals surface area (Å²) in [4.78, 5) is 6.76. The Labute approximate surface area is 150 Å². The Kier molecular flexibility index (Phi) is 7.98. The number of likely N-dealkylation sites (tertiary alicyclic amines) is 1. The van der Waals surface area contributed by atoms with Crippen molar-refractivity contribution in [3.8, 4) is 5.75 Å². The first-order valence-corrected chi connectivity index (χ1v) is 9.23. The van der Waals surface area contributed by atoms with Crippen LogP contribution in [0.3, 0.4) is 0 Å². The van der Waals surface area contributed by atoms with Crippen LogP contribution in [0.4, 0.5) is 4.39 Å². The molecule has 0 bridgehead atoms. The van der Waals surface area contributed by atoms with Crippen LogP contribution < -0.4 is 15.4 Å². The molecular formula is C19H31FN4O. The summed E-state index contributed by atoms with van der Waals surface area (Å²) < 4.78 is 19.1. The molecule has 1 aromatic carbocycles. The van der Waals surface area contributed by atoms with Crippen molar-refractivity contribution in [3.05, 3.63) is 30.1 Å². The molecular weight excluding hydrogens is 319 g/mol. The molecule has 2 atom stereocenters. The van der Waals surface area contributed by atoms with Crippen molar-refractivity contribution in [3.63, 3.8) is 0 Å². The second kappa shape index (κ2) is 10.2. The molecule has 1 saturated heterocycles. The summed E-state index contributed by atoms with van der Waals surface area (Å²) in [6.07, 6.45) is 2.02. The van der Waals surface area contributed by atoms with Gasteiger partial charge in [0.1, 0.15) is 17.7 Å². The highest BCUT2D eigenvalue weighted by atomic mass is 19.1. The lowest BCUT2D eigenvalue weighted by Gasteiger charge is -2.21. The van der Waals surface area contributed by atoms with Crippen LogP contribution in [0.15, 0.2) is 29.3 Å². The van der Waals surface area contributed by atoms with E-state index in [1.165, 1.54) is 25.1 Å². The molecule has 2 N–H and O–H groups in total. The van der Waals surface area contributed by atoms with Crippen LogP contribution in [0.25, 0.3) is 0 Å². The predicted octanol–water partition coefficient (Wildman–Crippen LogP) is 2.49. The maximum Gasteiger partial charge on any atom is 0.191 e. The van der Waals surface area contributed by atoms with Gasteiger partial charge in [0.05, 0.1) is 6.54 Å². The summed E-state index contributed by atoms with van der Waals surface area (Å²) >= 11 is 0. The first kappa shape index (κ1) is 19.5. The van der Waals surface area contributed by atoms with Gasteiger partial charge < -0.3 is 20.3 Å². The third-order valence-corrected chi connectivity index (χ3v) is 4.65. The van der Waals surface area contributed by atoms with E-state index in [1.54, 1.807) is 19.2 Å². The van der Waals surface area contributed by atoms with E-state index < -0.39 is 0 Å². The summed E-state index contributed by atoms with van der Waals surface area (Å²) in [6, 6.07) is 6.26. The lowest BCUT2D eigenvalue weighted by Crippen LogP contribution is -2.44. The standard InChI is InChI=1S/C19H31FN4O/c1-4-17(25-18-8-6-7-16(20)11-18)13-23-19(21-3)22-12-15-9-10-24(5-2)14-15/h6-8,11,15,17H,4-5,9-10,12-14H2,1-3H3,(H2,21,22,23). The number of nitrogens with one attached hydrogen (secondary N) is 2. The summed E-state index contributed by atoms with van der Waals surface area (Å²) in [5.74, 6) is 1.73. The smallest absolute Gasteiger partial charge is 0.191 e. The van der Waals surface area contributed by atoms with Crippen molar-refractivity contribution in [1.29, 1.82) is 0 Å². The van der Waals surface area contributed by atoms with Crippen LogP contribution in [0.2, 0.25) is 0 Å². The van der Waals surface area contributed by atoms with E-state index in [9.17, 15) is 4.39 Å². The molecule has 0 amide bonds. The van der Waals surface area contributed by atoms with E-state index in [0.29, 0.717) is 18.2 Å². The van der Waals surface area contributed by atoms with E-state index in [0.717, 1.165) is 32.0 Å². The minimum absolute atomic E-state index is 0.0394. The van der Waals surface area contributed by atoms with Gasteiger partial charge in [0.2, 0.25) is 0 Å². The van der Waals surface area contributed by atoms with Crippen molar-refractivity contribution >= 4 is 5.96 Å². The molecule has 5 nitrogen and oxygen atoms in total. The van der Waals surface area contributed by atoms with Gasteiger partial charge >= 0.3 is 0 Å². The van der Waals surface area contributed by atoms with Crippen molar-refractivity contribution in [2.75, 3.05) is 39.8 Å². The summed E-state index contributed by atoms with van der Waals surface area (Å²) in [5.41, 5.74) is 0. The van der Waals surface area contributed by atoms with Crippen LogP contribution in [0.1, 0.15) is 26.7 Å². The van der Waals surface area contributed by atoms with Crippen LogP contribution in [-0.2, 0) is 0 Å². The van der Waals surface area contributed by atoms with Crippen LogP contribution in [-0.4, -0.2) is 56.7 Å². The van der Waals surface area contributed by atoms with Crippen LogP contribution >= 0.6 is 0 Å². The summed E-state index contributed by atoms with van der Waals surface area (Å²) in [5, 5.41) is 6.72. The normalized spacial score (nSPS) is 19.7. The number of ether oxygens (including phenoxy) is 1. The van der Waals surface area contributed by atoms with Gasteiger partial charge in [0, 0.05) is 26.2 Å². The SMILES string of the molecule is CCC(CNC(=NC)NCC1CCN(CC)C1)Oc1cccc(F)c1. The Bertz CT molecular complexity index is 552. The molecule has 0 saturated carbocycles. The Morgan fingerprint density at radius 3 is 2.88 bits per heavy atom. The molecule has 0 spiro atoms. The number of halogens is 1. The van der Waals surface area contributed by atoms with E-state index in [2.05, 4.69) is 34.4 Å². The molecule has 0 aliphatic carbocycles. The van der Waals surface area contributed by atoms with E-state index in [4.69, 9.17) is 4.74 Å². The lowest BCUT2D eigenvalue weighted by atomic mass is 10.1. The minimum atomic E-state index is -0.282. The molecule has 140 valence electrons. The number of hydrogen-bond acceptors (Lipinski definition) is 3. The first-order chi connectivity index (χ1) is 12.1.